The third kappa shape index (κ3) is 5.21. The number of urea groups is 1. The van der Waals surface area contributed by atoms with Gasteiger partial charge in [-0.05, 0) is 42.8 Å². The van der Waals surface area contributed by atoms with Gasteiger partial charge in [0.1, 0.15) is 5.82 Å². The van der Waals surface area contributed by atoms with Gasteiger partial charge >= 0.3 is 6.03 Å². The standard InChI is InChI=1S/C20H23FN4O2.ClH/c1-22-11-9-19(26)25-12-10-15-14(13-25)5-4-8-17(15)23-20(27)24-18-7-3-2-6-16(18)21;/h2-8,22H,9-13H2,1H3,(H2,23,24,27);1H. The maximum Gasteiger partial charge on any atom is 0.323 e. The number of carbonyl (C=O) groups is 2. The molecule has 2 aromatic carbocycles. The summed E-state index contributed by atoms with van der Waals surface area (Å²) in [7, 11) is 1.82. The predicted octanol–water partition coefficient (Wildman–Crippen LogP) is 3.39. The Bertz CT molecular complexity index is 847. The number of amides is 3. The molecule has 28 heavy (non-hydrogen) atoms. The molecule has 6 nitrogen and oxygen atoms in total. The average molecular weight is 407 g/mol. The monoisotopic (exact) mass is 406 g/mol. The second kappa shape index (κ2) is 10.1. The number of rotatable bonds is 5. The first-order chi connectivity index (χ1) is 13.1. The first-order valence-corrected chi connectivity index (χ1v) is 8.94. The fraction of sp³-hybridized carbons (Fsp3) is 0.300. The molecule has 0 atom stereocenters. The predicted molar refractivity (Wildman–Crippen MR) is 110 cm³/mol. The van der Waals surface area contributed by atoms with Gasteiger partial charge in [-0.3, -0.25) is 4.79 Å². The van der Waals surface area contributed by atoms with Gasteiger partial charge in [0.25, 0.3) is 0 Å². The Morgan fingerprint density at radius 3 is 2.54 bits per heavy atom. The van der Waals surface area contributed by atoms with E-state index in [1.54, 1.807) is 12.1 Å². The number of benzene rings is 2. The van der Waals surface area contributed by atoms with E-state index in [9.17, 15) is 14.0 Å². The van der Waals surface area contributed by atoms with Crippen molar-refractivity contribution in [3.05, 3.63) is 59.4 Å². The molecular weight excluding hydrogens is 383 g/mol. The van der Waals surface area contributed by atoms with Crippen molar-refractivity contribution < 1.29 is 14.0 Å². The van der Waals surface area contributed by atoms with Crippen LogP contribution in [0.25, 0.3) is 0 Å². The molecule has 0 fully saturated rings. The van der Waals surface area contributed by atoms with Gasteiger partial charge < -0.3 is 20.9 Å². The number of nitrogens with one attached hydrogen (secondary N) is 3. The number of nitrogens with zero attached hydrogens (tertiary/aromatic N) is 1. The molecule has 0 bridgehead atoms. The summed E-state index contributed by atoms with van der Waals surface area (Å²) in [5.41, 5.74) is 2.84. The van der Waals surface area contributed by atoms with Crippen molar-refractivity contribution in [2.75, 3.05) is 30.8 Å². The van der Waals surface area contributed by atoms with Crippen LogP contribution in [0.1, 0.15) is 17.5 Å². The van der Waals surface area contributed by atoms with E-state index in [1.807, 2.05) is 30.1 Å². The highest BCUT2D eigenvalue weighted by Crippen LogP contribution is 2.27. The molecule has 3 rings (SSSR count). The lowest BCUT2D eigenvalue weighted by Crippen LogP contribution is -2.37. The maximum absolute atomic E-state index is 13.7. The molecule has 0 unspecified atom stereocenters. The van der Waals surface area contributed by atoms with Crippen molar-refractivity contribution >= 4 is 35.7 Å². The molecular formula is C20H24ClFN4O2. The normalized spacial score (nSPS) is 12.6. The number of hydrogen-bond acceptors (Lipinski definition) is 3. The Hall–Kier alpha value is -2.64. The Balaban J connectivity index is 0.00000280. The van der Waals surface area contributed by atoms with Gasteiger partial charge in [-0.15, -0.1) is 12.4 Å². The Kier molecular flexibility index (Phi) is 7.78. The number of halogens is 2. The molecule has 3 N–H and O–H groups in total. The molecule has 1 aliphatic heterocycles. The number of carbonyl (C=O) groups excluding carboxylic acids is 2. The lowest BCUT2D eigenvalue weighted by molar-refractivity contribution is -0.132. The van der Waals surface area contributed by atoms with E-state index >= 15 is 0 Å². The lowest BCUT2D eigenvalue weighted by atomic mass is 9.97. The summed E-state index contributed by atoms with van der Waals surface area (Å²) >= 11 is 0. The zero-order valence-corrected chi connectivity index (χ0v) is 16.4. The van der Waals surface area contributed by atoms with Crippen LogP contribution in [0.2, 0.25) is 0 Å². The van der Waals surface area contributed by atoms with Gasteiger partial charge in [-0.25, -0.2) is 9.18 Å². The van der Waals surface area contributed by atoms with Crippen molar-refractivity contribution in [1.82, 2.24) is 10.2 Å². The van der Waals surface area contributed by atoms with E-state index in [1.165, 1.54) is 12.1 Å². The molecule has 0 saturated carbocycles. The van der Waals surface area contributed by atoms with Crippen molar-refractivity contribution in [3.8, 4) is 0 Å². The van der Waals surface area contributed by atoms with Crippen molar-refractivity contribution in [3.63, 3.8) is 0 Å². The van der Waals surface area contributed by atoms with Crippen LogP contribution in [-0.2, 0) is 17.8 Å². The highest BCUT2D eigenvalue weighted by molar-refractivity contribution is 6.00. The van der Waals surface area contributed by atoms with E-state index in [0.717, 1.165) is 11.1 Å². The third-order valence-corrected chi connectivity index (χ3v) is 4.58. The zero-order valence-electron chi connectivity index (χ0n) is 15.6. The molecule has 2 aromatic rings. The van der Waals surface area contributed by atoms with Crippen LogP contribution in [0.15, 0.2) is 42.5 Å². The summed E-state index contributed by atoms with van der Waals surface area (Å²) in [4.78, 5) is 26.3. The summed E-state index contributed by atoms with van der Waals surface area (Å²) in [5, 5.41) is 8.30. The second-order valence-electron chi connectivity index (χ2n) is 6.42. The van der Waals surface area contributed by atoms with E-state index in [2.05, 4.69) is 16.0 Å². The SMILES string of the molecule is CNCCC(=O)N1CCc2c(cccc2NC(=O)Nc2ccccc2F)C1.Cl. The fourth-order valence-corrected chi connectivity index (χ4v) is 3.17. The van der Waals surface area contributed by atoms with Crippen LogP contribution in [0.4, 0.5) is 20.6 Å². The van der Waals surface area contributed by atoms with Gasteiger partial charge in [0, 0.05) is 31.7 Å². The number of anilines is 2. The van der Waals surface area contributed by atoms with E-state index in [-0.39, 0.29) is 24.0 Å². The van der Waals surface area contributed by atoms with E-state index < -0.39 is 11.8 Å². The Morgan fingerprint density at radius 2 is 1.79 bits per heavy atom. The minimum absolute atomic E-state index is 0. The maximum atomic E-state index is 13.7. The molecule has 0 spiro atoms. The third-order valence-electron chi connectivity index (χ3n) is 4.58. The van der Waals surface area contributed by atoms with Crippen LogP contribution >= 0.6 is 12.4 Å². The number of para-hydroxylation sites is 1. The minimum atomic E-state index is -0.499. The Labute approximate surface area is 169 Å². The van der Waals surface area contributed by atoms with Crippen molar-refractivity contribution in [2.45, 2.75) is 19.4 Å². The average Bonchev–Trinajstić information content (AvgIpc) is 2.67. The molecule has 0 saturated heterocycles. The summed E-state index contributed by atoms with van der Waals surface area (Å²) in [6.07, 6.45) is 1.13. The van der Waals surface area contributed by atoms with Crippen LogP contribution in [0.5, 0.6) is 0 Å². The first-order valence-electron chi connectivity index (χ1n) is 8.94. The van der Waals surface area contributed by atoms with Gasteiger partial charge in [0.15, 0.2) is 0 Å². The highest BCUT2D eigenvalue weighted by Gasteiger charge is 2.22. The first kappa shape index (κ1) is 21.7. The quantitative estimate of drug-likeness (QED) is 0.712. The second-order valence-corrected chi connectivity index (χ2v) is 6.42. The lowest BCUT2D eigenvalue weighted by Gasteiger charge is -2.30. The molecule has 150 valence electrons. The fourth-order valence-electron chi connectivity index (χ4n) is 3.17. The van der Waals surface area contributed by atoms with Crippen LogP contribution in [0.3, 0.4) is 0 Å². The summed E-state index contributed by atoms with van der Waals surface area (Å²) in [6.45, 7) is 1.80. The zero-order chi connectivity index (χ0) is 19.2. The topological polar surface area (TPSA) is 73.5 Å². The van der Waals surface area contributed by atoms with Crippen molar-refractivity contribution in [2.24, 2.45) is 0 Å². The summed E-state index contributed by atoms with van der Waals surface area (Å²) in [5.74, 6) is -0.371. The number of hydrogen-bond donors (Lipinski definition) is 3. The molecule has 0 radical (unpaired) electrons. The van der Waals surface area contributed by atoms with Crippen molar-refractivity contribution in [1.29, 1.82) is 0 Å². The van der Waals surface area contributed by atoms with Crippen LogP contribution in [0, 0.1) is 5.82 Å². The molecule has 0 aliphatic carbocycles. The van der Waals surface area contributed by atoms with E-state index in [0.29, 0.717) is 38.2 Å². The summed E-state index contributed by atoms with van der Waals surface area (Å²) < 4.78 is 13.7. The van der Waals surface area contributed by atoms with Gasteiger partial charge in [0.2, 0.25) is 5.91 Å². The number of fused-ring (bicyclic) bond motifs is 1. The van der Waals surface area contributed by atoms with Gasteiger partial charge in [-0.1, -0.05) is 24.3 Å². The smallest absolute Gasteiger partial charge is 0.323 e. The van der Waals surface area contributed by atoms with Gasteiger partial charge in [0.05, 0.1) is 5.69 Å². The Morgan fingerprint density at radius 1 is 1.07 bits per heavy atom. The summed E-state index contributed by atoms with van der Waals surface area (Å²) in [6, 6.07) is 11.1. The molecule has 1 aliphatic rings. The van der Waals surface area contributed by atoms with Crippen LogP contribution in [-0.4, -0.2) is 37.0 Å². The highest BCUT2D eigenvalue weighted by atomic mass is 35.5. The van der Waals surface area contributed by atoms with E-state index in [4.69, 9.17) is 0 Å². The minimum Gasteiger partial charge on any atom is -0.338 e. The van der Waals surface area contributed by atoms with Crippen LogP contribution < -0.4 is 16.0 Å². The molecule has 1 heterocycles. The molecule has 0 aromatic heterocycles. The molecule has 3 amide bonds. The largest absolute Gasteiger partial charge is 0.338 e. The molecule has 8 heteroatoms. The van der Waals surface area contributed by atoms with Gasteiger partial charge in [-0.2, -0.15) is 0 Å².